The zero-order valence-electron chi connectivity index (χ0n) is 14.1. The van der Waals surface area contributed by atoms with Crippen LogP contribution in [0.1, 0.15) is 19.4 Å². The molecule has 1 unspecified atom stereocenters. The van der Waals surface area contributed by atoms with Crippen LogP contribution in [0.4, 0.5) is 0 Å². The average molecular weight is 340 g/mol. The Labute approximate surface area is 140 Å². The highest BCUT2D eigenvalue weighted by molar-refractivity contribution is 7.89. The highest BCUT2D eigenvalue weighted by Gasteiger charge is 2.28. The predicted molar refractivity (Wildman–Crippen MR) is 93.0 cm³/mol. The zero-order valence-corrected chi connectivity index (χ0v) is 14.9. The van der Waals surface area contributed by atoms with Gasteiger partial charge >= 0.3 is 0 Å². The lowest BCUT2D eigenvalue weighted by molar-refractivity contribution is 0.0423. The first-order valence-corrected chi connectivity index (χ1v) is 9.92. The summed E-state index contributed by atoms with van der Waals surface area (Å²) in [5, 5.41) is 3.19. The van der Waals surface area contributed by atoms with E-state index >= 15 is 0 Å². The van der Waals surface area contributed by atoms with E-state index in [9.17, 15) is 8.42 Å². The first-order chi connectivity index (χ1) is 11.0. The summed E-state index contributed by atoms with van der Waals surface area (Å²) < 4.78 is 32.7. The summed E-state index contributed by atoms with van der Waals surface area (Å²) in [5.41, 5.74) is 1.16. The Morgan fingerprint density at radius 3 is 2.65 bits per heavy atom. The van der Waals surface area contributed by atoms with Crippen molar-refractivity contribution in [1.82, 2.24) is 9.62 Å². The summed E-state index contributed by atoms with van der Waals surface area (Å²) >= 11 is 0. The molecule has 1 aromatic rings. The van der Waals surface area contributed by atoms with Crippen LogP contribution >= 0.6 is 0 Å². The van der Waals surface area contributed by atoms with Gasteiger partial charge in [0.15, 0.2) is 0 Å². The van der Waals surface area contributed by atoms with Crippen molar-refractivity contribution in [2.75, 3.05) is 38.5 Å². The second-order valence-corrected chi connectivity index (χ2v) is 8.48. The lowest BCUT2D eigenvalue weighted by Gasteiger charge is -2.28. The molecule has 1 N–H and O–H groups in total. The van der Waals surface area contributed by atoms with Gasteiger partial charge in [0.25, 0.3) is 0 Å². The Kier molecular flexibility index (Phi) is 7.02. The number of sulfonamides is 1. The molecule has 130 valence electrons. The summed E-state index contributed by atoms with van der Waals surface area (Å²) in [7, 11) is -3.32. The molecule has 0 amide bonds. The largest absolute Gasteiger partial charge is 0.374 e. The van der Waals surface area contributed by atoms with E-state index in [2.05, 4.69) is 5.32 Å². The molecule has 0 spiro atoms. The fourth-order valence-corrected chi connectivity index (χ4v) is 4.51. The number of ether oxygens (including phenoxy) is 1. The number of morpholine rings is 1. The molecule has 1 aliphatic rings. The molecule has 1 aliphatic heterocycles. The Hall–Kier alpha value is -0.950. The maximum atomic E-state index is 12.8. The van der Waals surface area contributed by atoms with Crippen molar-refractivity contribution in [1.29, 1.82) is 0 Å². The fraction of sp³-hybridized carbons (Fsp3) is 0.647. The quantitative estimate of drug-likeness (QED) is 0.779. The molecule has 0 aliphatic carbocycles. The van der Waals surface area contributed by atoms with Crippen LogP contribution in [-0.2, 0) is 21.2 Å². The number of rotatable bonds is 8. The van der Waals surface area contributed by atoms with E-state index in [1.54, 1.807) is 4.31 Å². The fourth-order valence-electron chi connectivity index (χ4n) is 2.72. The lowest BCUT2D eigenvalue weighted by atomic mass is 10.1. The molecule has 1 atom stereocenters. The third-order valence-electron chi connectivity index (χ3n) is 3.86. The van der Waals surface area contributed by atoms with Crippen LogP contribution in [-0.4, -0.2) is 57.4 Å². The third-order valence-corrected chi connectivity index (χ3v) is 5.77. The van der Waals surface area contributed by atoms with Gasteiger partial charge in [-0.15, -0.1) is 0 Å². The molecule has 0 saturated carbocycles. The Balaban J connectivity index is 2.00. The van der Waals surface area contributed by atoms with Gasteiger partial charge in [0.2, 0.25) is 10.0 Å². The number of nitrogens with one attached hydrogen (secondary N) is 1. The van der Waals surface area contributed by atoms with Gasteiger partial charge in [0.1, 0.15) is 0 Å². The number of nitrogens with zero attached hydrogens (tertiary/aromatic N) is 1. The van der Waals surface area contributed by atoms with Crippen molar-refractivity contribution in [2.45, 2.75) is 26.4 Å². The Morgan fingerprint density at radius 2 is 2.04 bits per heavy atom. The molecule has 1 aromatic carbocycles. The maximum Gasteiger partial charge on any atom is 0.216 e. The van der Waals surface area contributed by atoms with Crippen LogP contribution < -0.4 is 5.32 Å². The van der Waals surface area contributed by atoms with Crippen LogP contribution in [0.15, 0.2) is 30.3 Å². The van der Waals surface area contributed by atoms with Crippen LogP contribution in [0, 0.1) is 5.92 Å². The molecule has 6 heteroatoms. The van der Waals surface area contributed by atoms with E-state index in [-0.39, 0.29) is 11.9 Å². The molecular weight excluding hydrogens is 312 g/mol. The topological polar surface area (TPSA) is 58.6 Å². The van der Waals surface area contributed by atoms with Gasteiger partial charge < -0.3 is 10.1 Å². The van der Waals surface area contributed by atoms with E-state index in [1.807, 2.05) is 44.2 Å². The van der Waals surface area contributed by atoms with E-state index in [4.69, 9.17) is 4.74 Å². The van der Waals surface area contributed by atoms with Gasteiger partial charge in [-0.1, -0.05) is 44.2 Å². The normalized spacial score (nSPS) is 19.4. The van der Waals surface area contributed by atoms with Gasteiger partial charge in [0, 0.05) is 26.2 Å². The van der Waals surface area contributed by atoms with E-state index in [0.717, 1.165) is 18.5 Å². The molecule has 1 fully saturated rings. The van der Waals surface area contributed by atoms with Crippen LogP contribution in [0.3, 0.4) is 0 Å². The number of hydrogen-bond acceptors (Lipinski definition) is 4. The first-order valence-electron chi connectivity index (χ1n) is 8.31. The third kappa shape index (κ3) is 6.22. The van der Waals surface area contributed by atoms with E-state index in [1.165, 1.54) is 0 Å². The number of benzene rings is 1. The highest BCUT2D eigenvalue weighted by Crippen LogP contribution is 2.12. The van der Waals surface area contributed by atoms with E-state index in [0.29, 0.717) is 32.2 Å². The molecule has 1 heterocycles. The highest BCUT2D eigenvalue weighted by atomic mass is 32.2. The van der Waals surface area contributed by atoms with Crippen molar-refractivity contribution in [2.24, 2.45) is 5.92 Å². The molecule has 0 bridgehead atoms. The summed E-state index contributed by atoms with van der Waals surface area (Å²) in [6.07, 6.45) is 0.483. The van der Waals surface area contributed by atoms with Gasteiger partial charge in [-0.3, -0.25) is 0 Å². The summed E-state index contributed by atoms with van der Waals surface area (Å²) in [6, 6.07) is 10.0. The predicted octanol–water partition coefficient (Wildman–Crippen LogP) is 1.51. The van der Waals surface area contributed by atoms with Crippen molar-refractivity contribution in [3.8, 4) is 0 Å². The van der Waals surface area contributed by atoms with Crippen molar-refractivity contribution in [3.63, 3.8) is 0 Å². The summed E-state index contributed by atoms with van der Waals surface area (Å²) in [6.45, 7) is 7.13. The minimum atomic E-state index is -3.32. The Morgan fingerprint density at radius 1 is 1.30 bits per heavy atom. The van der Waals surface area contributed by atoms with Crippen LogP contribution in [0.25, 0.3) is 0 Å². The van der Waals surface area contributed by atoms with Crippen molar-refractivity contribution >= 4 is 10.0 Å². The molecule has 5 nitrogen and oxygen atoms in total. The smallest absolute Gasteiger partial charge is 0.216 e. The number of hydrogen-bond donors (Lipinski definition) is 1. The standard InChI is InChI=1S/C17H28N2O3S/c1-15(2)13-19(10-8-16-6-4-3-5-7-16)23(20,21)14-17-12-18-9-11-22-17/h3-7,15,17-18H,8-14H2,1-2H3. The van der Waals surface area contributed by atoms with E-state index < -0.39 is 10.0 Å². The SMILES string of the molecule is CC(C)CN(CCc1ccccc1)S(=O)(=O)CC1CNCCO1. The molecular formula is C17H28N2O3S. The maximum absolute atomic E-state index is 12.8. The second-order valence-electron chi connectivity index (χ2n) is 6.46. The first kappa shape index (κ1) is 18.4. The van der Waals surface area contributed by atoms with Crippen molar-refractivity contribution < 1.29 is 13.2 Å². The van der Waals surface area contributed by atoms with Gasteiger partial charge in [-0.2, -0.15) is 0 Å². The van der Waals surface area contributed by atoms with Gasteiger partial charge in [-0.25, -0.2) is 12.7 Å². The summed E-state index contributed by atoms with van der Waals surface area (Å²) in [4.78, 5) is 0. The Bertz CT molecular complexity index is 554. The molecule has 0 radical (unpaired) electrons. The van der Waals surface area contributed by atoms with Gasteiger partial charge in [-0.05, 0) is 17.9 Å². The zero-order chi connectivity index (χ0) is 16.7. The lowest BCUT2D eigenvalue weighted by Crippen LogP contribution is -2.46. The minimum absolute atomic E-state index is 0.0571. The monoisotopic (exact) mass is 340 g/mol. The van der Waals surface area contributed by atoms with Crippen LogP contribution in [0.2, 0.25) is 0 Å². The second kappa shape index (κ2) is 8.78. The molecule has 2 rings (SSSR count). The molecule has 23 heavy (non-hydrogen) atoms. The van der Waals surface area contributed by atoms with Crippen molar-refractivity contribution in [3.05, 3.63) is 35.9 Å². The van der Waals surface area contributed by atoms with Crippen LogP contribution in [0.5, 0.6) is 0 Å². The molecule has 1 saturated heterocycles. The van der Waals surface area contributed by atoms with Gasteiger partial charge in [0.05, 0.1) is 18.5 Å². The molecule has 0 aromatic heterocycles. The summed E-state index contributed by atoms with van der Waals surface area (Å²) in [5.74, 6) is 0.354. The minimum Gasteiger partial charge on any atom is -0.374 e. The average Bonchev–Trinajstić information content (AvgIpc) is 2.52.